The van der Waals surface area contributed by atoms with Crippen LogP contribution in [0.4, 0.5) is 0 Å². The fraction of sp³-hybridized carbons (Fsp3) is 0.909. The molecule has 1 unspecified atom stereocenters. The molecule has 15 heavy (non-hydrogen) atoms. The lowest BCUT2D eigenvalue weighted by atomic mass is 9.97. The molecule has 0 aromatic rings. The second kappa shape index (κ2) is 4.94. The van der Waals surface area contributed by atoms with Crippen LogP contribution >= 0.6 is 0 Å². The van der Waals surface area contributed by atoms with Crippen LogP contribution in [0.15, 0.2) is 0 Å². The summed E-state index contributed by atoms with van der Waals surface area (Å²) < 4.78 is 5.43. The van der Waals surface area contributed by atoms with Gasteiger partial charge in [0.2, 0.25) is 0 Å². The van der Waals surface area contributed by atoms with Crippen molar-refractivity contribution in [2.24, 2.45) is 0 Å². The highest BCUT2D eigenvalue weighted by Gasteiger charge is 2.35. The molecule has 0 aromatic carbocycles. The quantitative estimate of drug-likeness (QED) is 0.769. The summed E-state index contributed by atoms with van der Waals surface area (Å²) in [6.07, 6.45) is 1.09. The maximum Gasteiger partial charge on any atom is 0.304 e. The van der Waals surface area contributed by atoms with Crippen LogP contribution in [0.25, 0.3) is 0 Å². The highest BCUT2D eigenvalue weighted by molar-refractivity contribution is 5.67. The predicted octanol–water partition coefficient (Wildman–Crippen LogP) is 1.35. The minimum absolute atomic E-state index is 0.0472. The summed E-state index contributed by atoms with van der Waals surface area (Å²) in [4.78, 5) is 13.0. The number of ether oxygens (including phenoxy) is 1. The Labute approximate surface area is 91.2 Å². The van der Waals surface area contributed by atoms with Gasteiger partial charge in [-0.1, -0.05) is 6.92 Å². The van der Waals surface area contributed by atoms with Crippen molar-refractivity contribution in [3.63, 3.8) is 0 Å². The Bertz CT molecular complexity index is 228. The van der Waals surface area contributed by atoms with Crippen LogP contribution in [-0.2, 0) is 9.53 Å². The monoisotopic (exact) mass is 215 g/mol. The van der Waals surface area contributed by atoms with Crippen molar-refractivity contribution in [1.82, 2.24) is 4.90 Å². The van der Waals surface area contributed by atoms with Gasteiger partial charge < -0.3 is 9.84 Å². The molecule has 0 aliphatic carbocycles. The van der Waals surface area contributed by atoms with Gasteiger partial charge in [0.25, 0.3) is 0 Å². The van der Waals surface area contributed by atoms with Gasteiger partial charge >= 0.3 is 5.97 Å². The summed E-state index contributed by atoms with van der Waals surface area (Å²) in [5, 5.41) is 8.86. The summed E-state index contributed by atoms with van der Waals surface area (Å²) in [6, 6.07) is 0.126. The third-order valence-electron chi connectivity index (χ3n) is 3.03. The van der Waals surface area contributed by atoms with Gasteiger partial charge in [0.1, 0.15) is 0 Å². The first-order valence-electron chi connectivity index (χ1n) is 5.53. The van der Waals surface area contributed by atoms with E-state index in [1.165, 1.54) is 0 Å². The molecule has 1 heterocycles. The molecule has 88 valence electrons. The number of carboxylic acid groups (broad SMARTS) is 1. The molecule has 0 saturated carbocycles. The topological polar surface area (TPSA) is 49.8 Å². The fourth-order valence-corrected chi connectivity index (χ4v) is 2.22. The summed E-state index contributed by atoms with van der Waals surface area (Å²) in [5.41, 5.74) is -0.0472. The Morgan fingerprint density at radius 1 is 1.60 bits per heavy atom. The molecule has 4 heteroatoms. The fourth-order valence-electron chi connectivity index (χ4n) is 2.22. The van der Waals surface area contributed by atoms with Crippen LogP contribution in [-0.4, -0.2) is 47.3 Å². The molecule has 1 saturated heterocycles. The average molecular weight is 215 g/mol. The van der Waals surface area contributed by atoms with Crippen LogP contribution < -0.4 is 0 Å². The third-order valence-corrected chi connectivity index (χ3v) is 3.03. The normalized spacial score (nSPS) is 23.7. The van der Waals surface area contributed by atoms with Gasteiger partial charge in [0.05, 0.1) is 19.6 Å². The van der Waals surface area contributed by atoms with E-state index in [1.54, 1.807) is 0 Å². The highest BCUT2D eigenvalue weighted by Crippen LogP contribution is 2.24. The molecule has 4 nitrogen and oxygen atoms in total. The van der Waals surface area contributed by atoms with E-state index in [1.807, 2.05) is 6.92 Å². The van der Waals surface area contributed by atoms with Gasteiger partial charge in [-0.25, -0.2) is 0 Å². The van der Waals surface area contributed by atoms with Crippen molar-refractivity contribution >= 4 is 5.97 Å². The van der Waals surface area contributed by atoms with Crippen LogP contribution in [0.5, 0.6) is 0 Å². The molecule has 1 rings (SSSR count). The molecule has 1 aliphatic rings. The Balaban J connectivity index is 2.68. The Hall–Kier alpha value is -0.610. The number of carbonyl (C=O) groups is 1. The number of carboxylic acids is 1. The molecule has 1 aliphatic heterocycles. The first kappa shape index (κ1) is 12.5. The van der Waals surface area contributed by atoms with Gasteiger partial charge in [-0.2, -0.15) is 0 Å². The summed E-state index contributed by atoms with van der Waals surface area (Å²) in [7, 11) is 0. The molecule has 0 radical (unpaired) electrons. The van der Waals surface area contributed by atoms with E-state index in [2.05, 4.69) is 18.7 Å². The molecule has 0 amide bonds. The van der Waals surface area contributed by atoms with Gasteiger partial charge in [-0.3, -0.25) is 9.69 Å². The van der Waals surface area contributed by atoms with Gasteiger partial charge in [-0.05, 0) is 20.3 Å². The molecule has 1 fully saturated rings. The van der Waals surface area contributed by atoms with Crippen molar-refractivity contribution in [3.05, 3.63) is 0 Å². The second-order valence-corrected chi connectivity index (χ2v) is 4.72. The van der Waals surface area contributed by atoms with E-state index in [4.69, 9.17) is 9.84 Å². The molecule has 0 aromatic heterocycles. The van der Waals surface area contributed by atoms with E-state index in [0.717, 1.165) is 13.0 Å². The number of hydrogen-bond acceptors (Lipinski definition) is 3. The number of morpholine rings is 1. The Morgan fingerprint density at radius 3 is 2.73 bits per heavy atom. The smallest absolute Gasteiger partial charge is 0.304 e. The zero-order valence-corrected chi connectivity index (χ0v) is 9.82. The van der Waals surface area contributed by atoms with Crippen molar-refractivity contribution in [3.8, 4) is 0 Å². The van der Waals surface area contributed by atoms with Crippen LogP contribution in [0.2, 0.25) is 0 Å². The van der Waals surface area contributed by atoms with Crippen LogP contribution in [0.1, 0.15) is 33.6 Å². The van der Waals surface area contributed by atoms with Crippen LogP contribution in [0.3, 0.4) is 0 Å². The first-order valence-corrected chi connectivity index (χ1v) is 5.53. The summed E-state index contributed by atoms with van der Waals surface area (Å²) in [6.45, 7) is 8.48. The molecule has 0 spiro atoms. The number of hydrogen-bond donors (Lipinski definition) is 1. The van der Waals surface area contributed by atoms with Crippen molar-refractivity contribution < 1.29 is 14.6 Å². The van der Waals surface area contributed by atoms with Crippen molar-refractivity contribution in [2.75, 3.05) is 19.8 Å². The molecular formula is C11H21NO3. The number of nitrogens with zero attached hydrogens (tertiary/aromatic N) is 1. The largest absolute Gasteiger partial charge is 0.481 e. The molecular weight excluding hydrogens is 194 g/mol. The van der Waals surface area contributed by atoms with E-state index in [-0.39, 0.29) is 18.0 Å². The van der Waals surface area contributed by atoms with Crippen molar-refractivity contribution in [1.29, 1.82) is 0 Å². The lowest BCUT2D eigenvalue weighted by molar-refractivity contribution is -0.141. The first-order chi connectivity index (χ1) is 6.97. The van der Waals surface area contributed by atoms with Gasteiger partial charge in [-0.15, -0.1) is 0 Å². The average Bonchev–Trinajstić information content (AvgIpc) is 2.14. The molecule has 1 N–H and O–H groups in total. The Kier molecular flexibility index (Phi) is 4.11. The standard InChI is InChI=1S/C11H21NO3/c1-4-9(7-10(13)14)12-5-6-15-8-11(12,2)3/h9H,4-8H2,1-3H3,(H,13,14). The molecule has 1 atom stereocenters. The maximum atomic E-state index is 10.8. The summed E-state index contributed by atoms with van der Waals surface area (Å²) in [5.74, 6) is -0.718. The highest BCUT2D eigenvalue weighted by atomic mass is 16.5. The van der Waals surface area contributed by atoms with E-state index in [9.17, 15) is 4.79 Å². The number of rotatable bonds is 4. The lowest BCUT2D eigenvalue weighted by Crippen LogP contribution is -2.57. The zero-order chi connectivity index (χ0) is 11.5. The van der Waals surface area contributed by atoms with E-state index < -0.39 is 5.97 Å². The van der Waals surface area contributed by atoms with Gasteiger partial charge in [0.15, 0.2) is 0 Å². The third kappa shape index (κ3) is 3.18. The zero-order valence-electron chi connectivity index (χ0n) is 9.82. The van der Waals surface area contributed by atoms with E-state index >= 15 is 0 Å². The van der Waals surface area contributed by atoms with Gasteiger partial charge in [0, 0.05) is 18.1 Å². The minimum atomic E-state index is -0.718. The Morgan fingerprint density at radius 2 is 2.27 bits per heavy atom. The number of aliphatic carboxylic acids is 1. The second-order valence-electron chi connectivity index (χ2n) is 4.72. The minimum Gasteiger partial charge on any atom is -0.481 e. The maximum absolute atomic E-state index is 10.8. The summed E-state index contributed by atoms with van der Waals surface area (Å²) >= 11 is 0. The molecule has 0 bridgehead atoms. The lowest BCUT2D eigenvalue weighted by Gasteiger charge is -2.46. The van der Waals surface area contributed by atoms with Crippen LogP contribution in [0, 0.1) is 0 Å². The van der Waals surface area contributed by atoms with E-state index in [0.29, 0.717) is 13.2 Å². The SMILES string of the molecule is CCC(CC(=O)O)N1CCOCC1(C)C. The predicted molar refractivity (Wildman–Crippen MR) is 57.9 cm³/mol. The van der Waals surface area contributed by atoms with Crippen molar-refractivity contribution in [2.45, 2.75) is 45.2 Å².